The molecule has 0 heterocycles. The van der Waals surface area contributed by atoms with Crippen LogP contribution in [-0.4, -0.2) is 11.4 Å². The molecule has 1 N–H and O–H groups in total. The molecule has 1 aromatic carbocycles. The summed E-state index contributed by atoms with van der Waals surface area (Å²) >= 11 is 1.09. The molecule has 13 heavy (non-hydrogen) atoms. The Morgan fingerprint density at radius 2 is 2.08 bits per heavy atom. The molecule has 68 valence electrons. The van der Waals surface area contributed by atoms with E-state index in [4.69, 9.17) is 15.1 Å². The normalized spacial score (nSPS) is 11.8. The third-order valence-electron chi connectivity index (χ3n) is 1.29. The Kier molecular flexibility index (Phi) is 3.62. The van der Waals surface area contributed by atoms with Crippen LogP contribution in [0.5, 0.6) is 5.75 Å². The Balaban J connectivity index is 2.65. The van der Waals surface area contributed by atoms with Crippen LogP contribution in [0.1, 0.15) is 6.92 Å². The van der Waals surface area contributed by atoms with Crippen molar-refractivity contribution in [3.05, 3.63) is 24.3 Å². The van der Waals surface area contributed by atoms with Gasteiger partial charge in [-0.25, -0.2) is 0 Å². The molecule has 0 saturated carbocycles. The minimum Gasteiger partial charge on any atom is -0.465 e. The Morgan fingerprint density at radius 1 is 1.46 bits per heavy atom. The maximum Gasteiger partial charge on any atom is 0.194 e. The lowest BCUT2D eigenvalue weighted by atomic mass is 10.3. The van der Waals surface area contributed by atoms with Crippen molar-refractivity contribution in [1.82, 2.24) is 0 Å². The van der Waals surface area contributed by atoms with Gasteiger partial charge < -0.3 is 9.84 Å². The summed E-state index contributed by atoms with van der Waals surface area (Å²) in [6.45, 7) is 1.54. The summed E-state index contributed by atoms with van der Waals surface area (Å²) in [5.74, 6) is 0.595. The van der Waals surface area contributed by atoms with Crippen LogP contribution < -0.4 is 4.74 Å². The van der Waals surface area contributed by atoms with E-state index in [1.807, 2.05) is 5.40 Å². The van der Waals surface area contributed by atoms with E-state index in [0.717, 1.165) is 16.7 Å². The summed E-state index contributed by atoms with van der Waals surface area (Å²) in [5, 5.41) is 19.2. The minimum atomic E-state index is -0.811. The highest BCUT2D eigenvalue weighted by Crippen LogP contribution is 2.20. The smallest absolute Gasteiger partial charge is 0.194 e. The van der Waals surface area contributed by atoms with Crippen molar-refractivity contribution in [2.75, 3.05) is 0 Å². The first-order valence-electron chi connectivity index (χ1n) is 3.73. The third-order valence-corrected chi connectivity index (χ3v) is 1.89. The summed E-state index contributed by atoms with van der Waals surface area (Å²) in [6.07, 6.45) is -0.811. The maximum atomic E-state index is 8.90. The van der Waals surface area contributed by atoms with Crippen LogP contribution in [0.15, 0.2) is 29.2 Å². The van der Waals surface area contributed by atoms with Gasteiger partial charge in [0.05, 0.1) is 0 Å². The van der Waals surface area contributed by atoms with E-state index in [2.05, 4.69) is 0 Å². The van der Waals surface area contributed by atoms with Crippen molar-refractivity contribution < 1.29 is 9.84 Å². The van der Waals surface area contributed by atoms with Gasteiger partial charge in [0.1, 0.15) is 11.2 Å². The summed E-state index contributed by atoms with van der Waals surface area (Å²) in [5.41, 5.74) is 0. The quantitative estimate of drug-likeness (QED) is 0.455. The van der Waals surface area contributed by atoms with Crippen molar-refractivity contribution in [1.29, 1.82) is 5.26 Å². The van der Waals surface area contributed by atoms with Gasteiger partial charge in [-0.15, -0.1) is 0 Å². The topological polar surface area (TPSA) is 53.2 Å². The van der Waals surface area contributed by atoms with Crippen LogP contribution in [0.25, 0.3) is 0 Å². The number of nitriles is 1. The maximum absolute atomic E-state index is 8.90. The Labute approximate surface area is 80.9 Å². The fourth-order valence-corrected chi connectivity index (χ4v) is 1.21. The van der Waals surface area contributed by atoms with Gasteiger partial charge in [-0.05, 0) is 43.0 Å². The zero-order chi connectivity index (χ0) is 9.68. The van der Waals surface area contributed by atoms with Gasteiger partial charge in [-0.1, -0.05) is 0 Å². The largest absolute Gasteiger partial charge is 0.465 e. The van der Waals surface area contributed by atoms with E-state index in [0.29, 0.717) is 5.75 Å². The zero-order valence-corrected chi connectivity index (χ0v) is 7.91. The summed E-state index contributed by atoms with van der Waals surface area (Å²) in [7, 11) is 0. The lowest BCUT2D eigenvalue weighted by Gasteiger charge is -2.07. The fourth-order valence-electron chi connectivity index (χ4n) is 0.836. The van der Waals surface area contributed by atoms with Crippen molar-refractivity contribution >= 4 is 11.8 Å². The van der Waals surface area contributed by atoms with Gasteiger partial charge in [0, 0.05) is 4.90 Å². The van der Waals surface area contributed by atoms with E-state index in [1.165, 1.54) is 6.92 Å². The van der Waals surface area contributed by atoms with Crippen molar-refractivity contribution in [2.45, 2.75) is 18.1 Å². The Hall–Kier alpha value is -1.18. The van der Waals surface area contributed by atoms with Gasteiger partial charge in [0.15, 0.2) is 6.29 Å². The molecule has 0 fully saturated rings. The highest BCUT2D eigenvalue weighted by Gasteiger charge is 1.98. The first kappa shape index (κ1) is 9.90. The molecule has 1 atom stereocenters. The molecule has 0 saturated heterocycles. The van der Waals surface area contributed by atoms with Crippen molar-refractivity contribution in [3.63, 3.8) is 0 Å². The van der Waals surface area contributed by atoms with Crippen LogP contribution in [0, 0.1) is 10.7 Å². The predicted molar refractivity (Wildman–Crippen MR) is 50.2 cm³/mol. The Bertz CT molecular complexity index is 302. The summed E-state index contributed by atoms with van der Waals surface area (Å²) in [6, 6.07) is 6.97. The van der Waals surface area contributed by atoms with Crippen molar-refractivity contribution in [2.24, 2.45) is 0 Å². The van der Waals surface area contributed by atoms with E-state index in [1.54, 1.807) is 24.3 Å². The standard InChI is InChI=1S/C9H9NO2S/c1-7(11)12-8-2-4-9(5-3-8)13-6-10/h2-5,7,11H,1H3. The second-order valence-corrected chi connectivity index (χ2v) is 3.24. The van der Waals surface area contributed by atoms with Gasteiger partial charge in [0.25, 0.3) is 0 Å². The van der Waals surface area contributed by atoms with Gasteiger partial charge in [-0.2, -0.15) is 5.26 Å². The van der Waals surface area contributed by atoms with Crippen LogP contribution >= 0.6 is 11.8 Å². The van der Waals surface area contributed by atoms with Crippen LogP contribution in [0.4, 0.5) is 0 Å². The van der Waals surface area contributed by atoms with Crippen LogP contribution in [0.2, 0.25) is 0 Å². The average molecular weight is 195 g/mol. The SMILES string of the molecule is CC(O)Oc1ccc(SC#N)cc1. The molecule has 3 nitrogen and oxygen atoms in total. The molecule has 1 unspecified atom stereocenters. The number of hydrogen-bond acceptors (Lipinski definition) is 4. The summed E-state index contributed by atoms with van der Waals surface area (Å²) < 4.78 is 5.01. The van der Waals surface area contributed by atoms with E-state index in [-0.39, 0.29) is 0 Å². The number of rotatable bonds is 3. The predicted octanol–water partition coefficient (Wildman–Crippen LogP) is 1.98. The first-order valence-corrected chi connectivity index (χ1v) is 4.55. The van der Waals surface area contributed by atoms with Gasteiger partial charge >= 0.3 is 0 Å². The number of aliphatic hydroxyl groups is 1. The second kappa shape index (κ2) is 4.75. The fraction of sp³-hybridized carbons (Fsp3) is 0.222. The highest BCUT2D eigenvalue weighted by molar-refractivity contribution is 8.03. The number of thiocyanates is 1. The lowest BCUT2D eigenvalue weighted by Crippen LogP contribution is -2.09. The number of nitrogens with zero attached hydrogens (tertiary/aromatic N) is 1. The lowest BCUT2D eigenvalue weighted by molar-refractivity contribution is -0.000323. The number of ether oxygens (including phenoxy) is 1. The number of aliphatic hydroxyl groups excluding tert-OH is 1. The molecular weight excluding hydrogens is 186 g/mol. The number of thioether (sulfide) groups is 1. The highest BCUT2D eigenvalue weighted by atomic mass is 32.2. The minimum absolute atomic E-state index is 0.595. The number of benzene rings is 1. The Morgan fingerprint density at radius 3 is 2.54 bits per heavy atom. The van der Waals surface area contributed by atoms with Gasteiger partial charge in [-0.3, -0.25) is 0 Å². The van der Waals surface area contributed by atoms with Crippen LogP contribution in [0.3, 0.4) is 0 Å². The first-order chi connectivity index (χ1) is 6.22. The zero-order valence-electron chi connectivity index (χ0n) is 7.10. The summed E-state index contributed by atoms with van der Waals surface area (Å²) in [4.78, 5) is 0.862. The van der Waals surface area contributed by atoms with E-state index in [9.17, 15) is 0 Å². The molecule has 0 aliphatic carbocycles. The molecule has 0 aromatic heterocycles. The molecule has 1 aromatic rings. The molecule has 0 amide bonds. The van der Waals surface area contributed by atoms with E-state index >= 15 is 0 Å². The average Bonchev–Trinajstić information content (AvgIpc) is 2.08. The number of hydrogen-bond donors (Lipinski definition) is 1. The second-order valence-electron chi connectivity index (χ2n) is 2.38. The monoisotopic (exact) mass is 195 g/mol. The molecule has 0 bridgehead atoms. The van der Waals surface area contributed by atoms with E-state index < -0.39 is 6.29 Å². The third kappa shape index (κ3) is 3.36. The molecule has 0 aliphatic rings. The molecule has 1 rings (SSSR count). The molecule has 0 spiro atoms. The molecule has 0 radical (unpaired) electrons. The molecule has 4 heteroatoms. The van der Waals surface area contributed by atoms with Crippen LogP contribution in [-0.2, 0) is 0 Å². The molecular formula is C9H9NO2S. The van der Waals surface area contributed by atoms with Gasteiger partial charge in [0.2, 0.25) is 0 Å². The molecule has 0 aliphatic heterocycles. The van der Waals surface area contributed by atoms with Crippen molar-refractivity contribution in [3.8, 4) is 11.2 Å².